The summed E-state index contributed by atoms with van der Waals surface area (Å²) in [5.74, 6) is 0.0630. The number of nitrogens with zero attached hydrogens (tertiary/aromatic N) is 1. The first-order valence-corrected chi connectivity index (χ1v) is 7.26. The zero-order valence-corrected chi connectivity index (χ0v) is 11.6. The second kappa shape index (κ2) is 6.48. The van der Waals surface area contributed by atoms with Crippen LogP contribution in [-0.2, 0) is 14.3 Å². The number of amides is 2. The third-order valence-corrected chi connectivity index (χ3v) is 4.04. The zero-order valence-electron chi connectivity index (χ0n) is 11.6. The molecule has 1 saturated heterocycles. The Balaban J connectivity index is 1.70. The predicted octanol–water partition coefficient (Wildman–Crippen LogP) is 1.06. The van der Waals surface area contributed by atoms with Crippen molar-refractivity contribution in [3.63, 3.8) is 0 Å². The molecule has 1 heterocycles. The van der Waals surface area contributed by atoms with Gasteiger partial charge in [0, 0.05) is 18.9 Å². The minimum Gasteiger partial charge on any atom is -0.376 e. The summed E-state index contributed by atoms with van der Waals surface area (Å²) in [5.41, 5.74) is 5.84. The molecule has 2 amide bonds. The SMILES string of the molecule is CC1CC(=O)N(CCOC2CCC(N)CC2)C(=O)C1. The molecule has 1 aliphatic carbocycles. The van der Waals surface area contributed by atoms with Gasteiger partial charge in [-0.15, -0.1) is 0 Å². The fourth-order valence-corrected chi connectivity index (χ4v) is 2.84. The molecule has 2 fully saturated rings. The highest BCUT2D eigenvalue weighted by Gasteiger charge is 2.30. The van der Waals surface area contributed by atoms with E-state index < -0.39 is 0 Å². The highest BCUT2D eigenvalue weighted by atomic mass is 16.5. The number of piperidine rings is 1. The van der Waals surface area contributed by atoms with Crippen molar-refractivity contribution >= 4 is 11.8 Å². The molecule has 5 nitrogen and oxygen atoms in total. The first-order valence-electron chi connectivity index (χ1n) is 7.26. The van der Waals surface area contributed by atoms with E-state index in [2.05, 4.69) is 0 Å². The molecule has 0 aromatic carbocycles. The Morgan fingerprint density at radius 3 is 2.32 bits per heavy atom. The van der Waals surface area contributed by atoms with Gasteiger partial charge in [-0.2, -0.15) is 0 Å². The Morgan fingerprint density at radius 1 is 1.16 bits per heavy atom. The first-order chi connectivity index (χ1) is 9.06. The zero-order chi connectivity index (χ0) is 13.8. The minimum absolute atomic E-state index is 0.0574. The molecule has 0 aromatic rings. The molecule has 0 radical (unpaired) electrons. The molecule has 0 aromatic heterocycles. The van der Waals surface area contributed by atoms with Gasteiger partial charge in [0.25, 0.3) is 0 Å². The molecule has 108 valence electrons. The number of nitrogens with two attached hydrogens (primary N) is 1. The van der Waals surface area contributed by atoms with Gasteiger partial charge < -0.3 is 10.5 Å². The number of likely N-dealkylation sites (tertiary alicyclic amines) is 1. The smallest absolute Gasteiger partial charge is 0.229 e. The van der Waals surface area contributed by atoms with Crippen LogP contribution in [0.15, 0.2) is 0 Å². The molecular formula is C14H24N2O3. The van der Waals surface area contributed by atoms with Crippen LogP contribution in [0.5, 0.6) is 0 Å². The summed E-state index contributed by atoms with van der Waals surface area (Å²) in [6.45, 7) is 2.79. The molecule has 0 atom stereocenters. The van der Waals surface area contributed by atoms with Crippen LogP contribution in [0.2, 0.25) is 0 Å². The van der Waals surface area contributed by atoms with Crippen LogP contribution in [0.3, 0.4) is 0 Å². The summed E-state index contributed by atoms with van der Waals surface area (Å²) in [7, 11) is 0. The summed E-state index contributed by atoms with van der Waals surface area (Å²) < 4.78 is 5.76. The first kappa shape index (κ1) is 14.5. The predicted molar refractivity (Wildman–Crippen MR) is 71.3 cm³/mol. The maximum atomic E-state index is 11.8. The molecule has 19 heavy (non-hydrogen) atoms. The van der Waals surface area contributed by atoms with Crippen LogP contribution in [0.25, 0.3) is 0 Å². The quantitative estimate of drug-likeness (QED) is 0.774. The monoisotopic (exact) mass is 268 g/mol. The summed E-state index contributed by atoms with van der Waals surface area (Å²) in [6.07, 6.45) is 5.18. The average molecular weight is 268 g/mol. The number of ether oxygens (including phenoxy) is 1. The standard InChI is InChI=1S/C14H24N2O3/c1-10-8-13(17)16(14(18)9-10)6-7-19-12-4-2-11(15)3-5-12/h10-12H,2-9,15H2,1H3. The lowest BCUT2D eigenvalue weighted by Gasteiger charge is -2.30. The number of imide groups is 1. The normalized spacial score (nSPS) is 29.9. The minimum atomic E-state index is -0.0574. The van der Waals surface area contributed by atoms with Crippen molar-refractivity contribution in [3.8, 4) is 0 Å². The maximum absolute atomic E-state index is 11.8. The number of carbonyl (C=O) groups is 2. The van der Waals surface area contributed by atoms with Gasteiger partial charge in [0.2, 0.25) is 11.8 Å². The second-order valence-corrected chi connectivity index (χ2v) is 5.86. The van der Waals surface area contributed by atoms with Crippen LogP contribution in [0.4, 0.5) is 0 Å². The summed E-state index contributed by atoms with van der Waals surface area (Å²) in [6, 6.07) is 0.312. The fourth-order valence-electron chi connectivity index (χ4n) is 2.84. The van der Waals surface area contributed by atoms with E-state index in [-0.39, 0.29) is 23.8 Å². The van der Waals surface area contributed by atoms with Crippen LogP contribution in [0, 0.1) is 5.92 Å². The van der Waals surface area contributed by atoms with E-state index in [0.717, 1.165) is 25.7 Å². The van der Waals surface area contributed by atoms with Gasteiger partial charge in [0.1, 0.15) is 0 Å². The topological polar surface area (TPSA) is 72.6 Å². The van der Waals surface area contributed by atoms with E-state index in [9.17, 15) is 9.59 Å². The molecule has 0 spiro atoms. The Morgan fingerprint density at radius 2 is 1.74 bits per heavy atom. The van der Waals surface area contributed by atoms with Crippen molar-refractivity contribution in [1.29, 1.82) is 0 Å². The Hall–Kier alpha value is -0.940. The van der Waals surface area contributed by atoms with Gasteiger partial charge in [0.15, 0.2) is 0 Å². The van der Waals surface area contributed by atoms with Crippen molar-refractivity contribution in [2.75, 3.05) is 13.2 Å². The van der Waals surface area contributed by atoms with Gasteiger partial charge in [0.05, 0.1) is 19.3 Å². The molecule has 1 aliphatic heterocycles. The van der Waals surface area contributed by atoms with Gasteiger partial charge in [-0.3, -0.25) is 14.5 Å². The van der Waals surface area contributed by atoms with Crippen molar-refractivity contribution in [3.05, 3.63) is 0 Å². The molecular weight excluding hydrogens is 244 g/mol. The maximum Gasteiger partial charge on any atom is 0.229 e. The summed E-state index contributed by atoms with van der Waals surface area (Å²) in [4.78, 5) is 24.9. The highest BCUT2D eigenvalue weighted by Crippen LogP contribution is 2.21. The lowest BCUT2D eigenvalue weighted by Crippen LogP contribution is -2.44. The lowest BCUT2D eigenvalue weighted by atomic mass is 9.94. The van der Waals surface area contributed by atoms with Crippen molar-refractivity contribution in [2.45, 2.75) is 57.6 Å². The van der Waals surface area contributed by atoms with Crippen molar-refractivity contribution in [2.24, 2.45) is 11.7 Å². The van der Waals surface area contributed by atoms with E-state index in [1.165, 1.54) is 4.90 Å². The van der Waals surface area contributed by atoms with Gasteiger partial charge in [-0.05, 0) is 31.6 Å². The molecule has 0 bridgehead atoms. The molecule has 2 rings (SSSR count). The third-order valence-electron chi connectivity index (χ3n) is 4.04. The molecule has 2 N–H and O–H groups in total. The summed E-state index contributed by atoms with van der Waals surface area (Å²) >= 11 is 0. The van der Waals surface area contributed by atoms with Crippen LogP contribution < -0.4 is 5.73 Å². The Bertz CT molecular complexity index is 320. The fraction of sp³-hybridized carbons (Fsp3) is 0.857. The number of carbonyl (C=O) groups excluding carboxylic acids is 2. The van der Waals surface area contributed by atoms with E-state index in [1.807, 2.05) is 6.92 Å². The lowest BCUT2D eigenvalue weighted by molar-refractivity contribution is -0.151. The van der Waals surface area contributed by atoms with Crippen molar-refractivity contribution in [1.82, 2.24) is 4.90 Å². The van der Waals surface area contributed by atoms with Gasteiger partial charge in [-0.25, -0.2) is 0 Å². The van der Waals surface area contributed by atoms with Crippen molar-refractivity contribution < 1.29 is 14.3 Å². The number of rotatable bonds is 4. The van der Waals surface area contributed by atoms with E-state index in [0.29, 0.717) is 32.0 Å². The van der Waals surface area contributed by atoms with E-state index in [1.54, 1.807) is 0 Å². The second-order valence-electron chi connectivity index (χ2n) is 5.86. The van der Waals surface area contributed by atoms with Gasteiger partial charge in [-0.1, -0.05) is 6.92 Å². The molecule has 1 saturated carbocycles. The highest BCUT2D eigenvalue weighted by molar-refractivity contribution is 5.97. The van der Waals surface area contributed by atoms with Crippen LogP contribution in [0.1, 0.15) is 45.4 Å². The van der Waals surface area contributed by atoms with Crippen LogP contribution >= 0.6 is 0 Å². The van der Waals surface area contributed by atoms with Crippen LogP contribution in [-0.4, -0.2) is 42.0 Å². The average Bonchev–Trinajstić information content (AvgIpc) is 2.34. The Kier molecular flexibility index (Phi) is 4.93. The third kappa shape index (κ3) is 4.01. The Labute approximate surface area is 114 Å². The van der Waals surface area contributed by atoms with Gasteiger partial charge >= 0.3 is 0 Å². The molecule has 0 unspecified atom stereocenters. The number of hydrogen-bond donors (Lipinski definition) is 1. The summed E-state index contributed by atoms with van der Waals surface area (Å²) in [5, 5.41) is 0. The molecule has 2 aliphatic rings. The molecule has 5 heteroatoms. The van der Waals surface area contributed by atoms with E-state index in [4.69, 9.17) is 10.5 Å². The number of hydrogen-bond acceptors (Lipinski definition) is 4. The largest absolute Gasteiger partial charge is 0.376 e. The van der Waals surface area contributed by atoms with E-state index >= 15 is 0 Å².